The smallest absolute Gasteiger partial charge is 0.393 e. The predicted octanol–water partition coefficient (Wildman–Crippen LogP) is 3.01. The number of halogens is 3. The van der Waals surface area contributed by atoms with Crippen LogP contribution in [0.3, 0.4) is 0 Å². The van der Waals surface area contributed by atoms with Crippen LogP contribution in [-0.2, 0) is 16.4 Å². The van der Waals surface area contributed by atoms with Gasteiger partial charge in [0.05, 0.1) is 17.1 Å². The summed E-state index contributed by atoms with van der Waals surface area (Å²) in [5.74, 6) is -0.174. The number of alkyl halides is 3. The molecule has 2 N–H and O–H groups in total. The standard InChI is InChI=1S/C17H20F3NO2/c18-17(19,20)13-5-2-4-12(9-13)16(7-8-16)15(23)21-10-11-3-1-6-14(11)22/h2,4-5,9,11,14,22H,1,3,6-8,10H2,(H,21,23). The molecular weight excluding hydrogens is 307 g/mol. The highest BCUT2D eigenvalue weighted by atomic mass is 19.4. The molecule has 23 heavy (non-hydrogen) atoms. The molecule has 1 amide bonds. The first-order valence-electron chi connectivity index (χ1n) is 7.97. The van der Waals surface area contributed by atoms with Crippen molar-refractivity contribution in [3.8, 4) is 0 Å². The van der Waals surface area contributed by atoms with Crippen molar-refractivity contribution in [2.24, 2.45) is 5.92 Å². The Morgan fingerprint density at radius 3 is 2.61 bits per heavy atom. The summed E-state index contributed by atoms with van der Waals surface area (Å²) in [7, 11) is 0. The Labute approximate surface area is 132 Å². The van der Waals surface area contributed by atoms with E-state index in [0.717, 1.165) is 31.4 Å². The molecule has 0 aliphatic heterocycles. The minimum absolute atomic E-state index is 0.0521. The van der Waals surface area contributed by atoms with E-state index in [1.54, 1.807) is 6.07 Å². The number of benzene rings is 1. The van der Waals surface area contributed by atoms with E-state index in [-0.39, 0.29) is 17.9 Å². The van der Waals surface area contributed by atoms with Crippen molar-refractivity contribution < 1.29 is 23.1 Å². The number of amides is 1. The number of carbonyl (C=O) groups excluding carboxylic acids is 1. The van der Waals surface area contributed by atoms with Crippen LogP contribution >= 0.6 is 0 Å². The van der Waals surface area contributed by atoms with Crippen molar-refractivity contribution in [2.45, 2.75) is 49.8 Å². The highest BCUT2D eigenvalue weighted by molar-refractivity contribution is 5.91. The minimum Gasteiger partial charge on any atom is -0.393 e. The fourth-order valence-electron chi connectivity index (χ4n) is 3.41. The number of aliphatic hydroxyl groups is 1. The van der Waals surface area contributed by atoms with Gasteiger partial charge in [-0.05, 0) is 37.3 Å². The van der Waals surface area contributed by atoms with Crippen LogP contribution in [0.2, 0.25) is 0 Å². The first kappa shape index (κ1) is 16.3. The van der Waals surface area contributed by atoms with Crippen molar-refractivity contribution in [3.05, 3.63) is 35.4 Å². The molecule has 0 radical (unpaired) electrons. The zero-order valence-electron chi connectivity index (χ0n) is 12.7. The monoisotopic (exact) mass is 327 g/mol. The van der Waals surface area contributed by atoms with Gasteiger partial charge >= 0.3 is 6.18 Å². The predicted molar refractivity (Wildman–Crippen MR) is 78.7 cm³/mol. The van der Waals surface area contributed by atoms with E-state index >= 15 is 0 Å². The van der Waals surface area contributed by atoms with Gasteiger partial charge in [0.25, 0.3) is 0 Å². The average Bonchev–Trinajstić information content (AvgIpc) is 3.22. The highest BCUT2D eigenvalue weighted by Crippen LogP contribution is 2.49. The van der Waals surface area contributed by atoms with Crippen LogP contribution < -0.4 is 5.32 Å². The lowest BCUT2D eigenvalue weighted by Crippen LogP contribution is -2.39. The van der Waals surface area contributed by atoms with E-state index < -0.39 is 17.2 Å². The fourth-order valence-corrected chi connectivity index (χ4v) is 3.41. The third kappa shape index (κ3) is 3.22. The summed E-state index contributed by atoms with van der Waals surface area (Å²) >= 11 is 0. The van der Waals surface area contributed by atoms with Gasteiger partial charge in [-0.1, -0.05) is 24.6 Å². The third-order valence-corrected chi connectivity index (χ3v) is 5.07. The van der Waals surface area contributed by atoms with E-state index in [1.165, 1.54) is 6.07 Å². The molecule has 2 aliphatic carbocycles. The highest BCUT2D eigenvalue weighted by Gasteiger charge is 2.51. The zero-order chi connectivity index (χ0) is 16.7. The SMILES string of the molecule is O=C(NCC1CCCC1O)C1(c2cccc(C(F)(F)F)c2)CC1. The van der Waals surface area contributed by atoms with Crippen molar-refractivity contribution in [1.82, 2.24) is 5.32 Å². The lowest BCUT2D eigenvalue weighted by molar-refractivity contribution is -0.137. The van der Waals surface area contributed by atoms with Crippen LogP contribution in [0.25, 0.3) is 0 Å². The maximum absolute atomic E-state index is 12.8. The number of hydrogen-bond donors (Lipinski definition) is 2. The summed E-state index contributed by atoms with van der Waals surface area (Å²) in [6, 6.07) is 5.04. The molecule has 0 aromatic heterocycles. The molecule has 0 spiro atoms. The van der Waals surface area contributed by atoms with Crippen molar-refractivity contribution >= 4 is 5.91 Å². The molecule has 0 saturated heterocycles. The van der Waals surface area contributed by atoms with Crippen LogP contribution in [0.15, 0.2) is 24.3 Å². The van der Waals surface area contributed by atoms with Gasteiger partial charge in [-0.2, -0.15) is 13.2 Å². The molecule has 2 aliphatic rings. The fraction of sp³-hybridized carbons (Fsp3) is 0.588. The van der Waals surface area contributed by atoms with Gasteiger partial charge in [0.15, 0.2) is 0 Å². The normalized spacial score (nSPS) is 26.1. The van der Waals surface area contributed by atoms with Gasteiger partial charge in [-0.3, -0.25) is 4.79 Å². The quantitative estimate of drug-likeness (QED) is 0.893. The van der Waals surface area contributed by atoms with E-state index in [2.05, 4.69) is 5.32 Å². The molecule has 126 valence electrons. The molecule has 0 heterocycles. The van der Waals surface area contributed by atoms with Gasteiger partial charge in [-0.15, -0.1) is 0 Å². The topological polar surface area (TPSA) is 49.3 Å². The second-order valence-corrected chi connectivity index (χ2v) is 6.63. The molecule has 2 atom stereocenters. The second kappa shape index (κ2) is 5.82. The van der Waals surface area contributed by atoms with Crippen LogP contribution in [0, 0.1) is 5.92 Å². The molecule has 0 bridgehead atoms. The Balaban J connectivity index is 1.70. The first-order chi connectivity index (χ1) is 10.8. The first-order valence-corrected chi connectivity index (χ1v) is 7.97. The van der Waals surface area contributed by atoms with Gasteiger partial charge in [0.2, 0.25) is 5.91 Å². The molecule has 1 aromatic rings. The summed E-state index contributed by atoms with van der Waals surface area (Å²) in [6.45, 7) is 0.390. The summed E-state index contributed by atoms with van der Waals surface area (Å²) in [6.07, 6.45) is -1.10. The van der Waals surface area contributed by atoms with Gasteiger partial charge in [0.1, 0.15) is 0 Å². The molecule has 2 saturated carbocycles. The Morgan fingerprint density at radius 2 is 2.04 bits per heavy atom. The van der Waals surface area contributed by atoms with E-state index in [0.29, 0.717) is 24.9 Å². The number of carbonyl (C=O) groups is 1. The van der Waals surface area contributed by atoms with Gasteiger partial charge < -0.3 is 10.4 Å². The van der Waals surface area contributed by atoms with Gasteiger partial charge in [-0.25, -0.2) is 0 Å². The molecule has 2 fully saturated rings. The summed E-state index contributed by atoms with van der Waals surface area (Å²) in [5.41, 5.74) is -1.12. The van der Waals surface area contributed by atoms with Crippen LogP contribution in [-0.4, -0.2) is 23.7 Å². The number of aliphatic hydroxyl groups excluding tert-OH is 1. The Morgan fingerprint density at radius 1 is 1.30 bits per heavy atom. The van der Waals surface area contributed by atoms with Crippen molar-refractivity contribution in [1.29, 1.82) is 0 Å². The summed E-state index contributed by atoms with van der Waals surface area (Å²) in [4.78, 5) is 12.5. The van der Waals surface area contributed by atoms with E-state index in [9.17, 15) is 23.1 Å². The molecule has 3 rings (SSSR count). The summed E-state index contributed by atoms with van der Waals surface area (Å²) in [5, 5.41) is 12.6. The molecule has 6 heteroatoms. The van der Waals surface area contributed by atoms with Gasteiger partial charge in [0, 0.05) is 12.5 Å². The van der Waals surface area contributed by atoms with Crippen LogP contribution in [0.4, 0.5) is 13.2 Å². The number of nitrogens with one attached hydrogen (secondary N) is 1. The molecule has 3 nitrogen and oxygen atoms in total. The molecule has 1 aromatic carbocycles. The van der Waals surface area contributed by atoms with E-state index in [4.69, 9.17) is 0 Å². The lowest BCUT2D eigenvalue weighted by Gasteiger charge is -2.20. The maximum Gasteiger partial charge on any atom is 0.416 e. The molecular formula is C17H20F3NO2. The zero-order valence-corrected chi connectivity index (χ0v) is 12.7. The molecule has 2 unspecified atom stereocenters. The van der Waals surface area contributed by atoms with Crippen LogP contribution in [0.1, 0.15) is 43.2 Å². The van der Waals surface area contributed by atoms with E-state index in [1.807, 2.05) is 0 Å². The average molecular weight is 327 g/mol. The maximum atomic E-state index is 12.8. The number of hydrogen-bond acceptors (Lipinski definition) is 2. The third-order valence-electron chi connectivity index (χ3n) is 5.07. The number of rotatable bonds is 4. The van der Waals surface area contributed by atoms with Crippen LogP contribution in [0.5, 0.6) is 0 Å². The van der Waals surface area contributed by atoms with Crippen molar-refractivity contribution in [2.75, 3.05) is 6.54 Å². The Kier molecular flexibility index (Phi) is 4.12. The minimum atomic E-state index is -4.41. The second-order valence-electron chi connectivity index (χ2n) is 6.63. The Bertz CT molecular complexity index is 596. The van der Waals surface area contributed by atoms with Crippen molar-refractivity contribution in [3.63, 3.8) is 0 Å². The summed E-state index contributed by atoms with van der Waals surface area (Å²) < 4.78 is 38.5. The largest absolute Gasteiger partial charge is 0.416 e. The lowest BCUT2D eigenvalue weighted by atomic mass is 9.93. The Hall–Kier alpha value is -1.56.